The van der Waals surface area contributed by atoms with Gasteiger partial charge in [-0.1, -0.05) is 17.4 Å². The number of hydrogen-bond acceptors (Lipinski definition) is 6. The second kappa shape index (κ2) is 4.68. The number of nitrogens with zero attached hydrogens (tertiary/aromatic N) is 6. The smallest absolute Gasteiger partial charge is 0.267 e. The number of aromatic nitrogens is 6. The van der Waals surface area contributed by atoms with E-state index in [1.807, 2.05) is 25.1 Å². The summed E-state index contributed by atoms with van der Waals surface area (Å²) in [6.45, 7) is 2.04. The Hall–Kier alpha value is -3.13. The molecule has 24 heavy (non-hydrogen) atoms. The van der Waals surface area contributed by atoms with Crippen LogP contribution in [0.3, 0.4) is 0 Å². The summed E-state index contributed by atoms with van der Waals surface area (Å²) >= 11 is 1.49. The molecule has 8 heteroatoms. The SMILES string of the molecule is Cc1ccc2nc(-n3ccc4c(cnc5ncnn54)c3=O)sc2c1. The first-order valence-electron chi connectivity index (χ1n) is 7.28. The Labute approximate surface area is 138 Å². The minimum absolute atomic E-state index is 0.173. The quantitative estimate of drug-likeness (QED) is 0.470. The number of hydrogen-bond donors (Lipinski definition) is 0. The third-order valence-electron chi connectivity index (χ3n) is 3.91. The predicted molar refractivity (Wildman–Crippen MR) is 91.8 cm³/mol. The van der Waals surface area contributed by atoms with Crippen LogP contribution in [-0.2, 0) is 0 Å². The summed E-state index contributed by atoms with van der Waals surface area (Å²) in [5.74, 6) is 0.468. The molecular formula is C16H10N6OS. The van der Waals surface area contributed by atoms with Gasteiger partial charge >= 0.3 is 0 Å². The fourth-order valence-corrected chi connectivity index (χ4v) is 3.78. The molecule has 5 aromatic rings. The van der Waals surface area contributed by atoms with E-state index in [0.717, 1.165) is 10.2 Å². The lowest BCUT2D eigenvalue weighted by Crippen LogP contribution is -2.18. The van der Waals surface area contributed by atoms with Crippen molar-refractivity contribution in [1.29, 1.82) is 0 Å². The highest BCUT2D eigenvalue weighted by Crippen LogP contribution is 2.25. The van der Waals surface area contributed by atoms with E-state index in [-0.39, 0.29) is 5.56 Å². The molecule has 0 radical (unpaired) electrons. The minimum atomic E-state index is -0.173. The van der Waals surface area contributed by atoms with E-state index >= 15 is 0 Å². The molecular weight excluding hydrogens is 324 g/mol. The van der Waals surface area contributed by atoms with Gasteiger partial charge in [0.2, 0.25) is 0 Å². The van der Waals surface area contributed by atoms with Gasteiger partial charge in [-0.25, -0.2) is 9.97 Å². The van der Waals surface area contributed by atoms with Crippen LogP contribution >= 0.6 is 11.3 Å². The molecule has 4 heterocycles. The summed E-state index contributed by atoms with van der Waals surface area (Å²) in [6.07, 6.45) is 4.68. The van der Waals surface area contributed by atoms with Crippen LogP contribution in [0.15, 0.2) is 47.8 Å². The van der Waals surface area contributed by atoms with E-state index in [2.05, 4.69) is 26.1 Å². The number of benzene rings is 1. The molecule has 0 aliphatic carbocycles. The topological polar surface area (TPSA) is 78.0 Å². The van der Waals surface area contributed by atoms with Crippen LogP contribution in [0.1, 0.15) is 5.56 Å². The highest BCUT2D eigenvalue weighted by Gasteiger charge is 2.12. The lowest BCUT2D eigenvalue weighted by Gasteiger charge is -2.04. The zero-order chi connectivity index (χ0) is 16.3. The minimum Gasteiger partial charge on any atom is -0.268 e. The maximum atomic E-state index is 12.9. The number of rotatable bonds is 1. The van der Waals surface area contributed by atoms with Gasteiger partial charge in [-0.15, -0.1) is 0 Å². The van der Waals surface area contributed by atoms with Crippen molar-refractivity contribution in [2.45, 2.75) is 6.92 Å². The predicted octanol–water partition coefficient (Wildman–Crippen LogP) is 2.35. The van der Waals surface area contributed by atoms with Crippen molar-refractivity contribution >= 4 is 38.2 Å². The number of fused-ring (bicyclic) bond motifs is 4. The van der Waals surface area contributed by atoms with Crippen LogP contribution < -0.4 is 5.56 Å². The fourth-order valence-electron chi connectivity index (χ4n) is 2.74. The first kappa shape index (κ1) is 13.3. The van der Waals surface area contributed by atoms with E-state index in [4.69, 9.17) is 0 Å². The lowest BCUT2D eigenvalue weighted by atomic mass is 10.2. The normalized spacial score (nSPS) is 11.7. The van der Waals surface area contributed by atoms with Crippen molar-refractivity contribution in [2.75, 3.05) is 0 Å². The Morgan fingerprint density at radius 3 is 3.00 bits per heavy atom. The Balaban J connectivity index is 1.80. The monoisotopic (exact) mass is 334 g/mol. The molecule has 1 aromatic carbocycles. The Kier molecular flexibility index (Phi) is 2.60. The van der Waals surface area contributed by atoms with Crippen LogP contribution in [0.2, 0.25) is 0 Å². The molecule has 0 atom stereocenters. The van der Waals surface area contributed by atoms with Gasteiger partial charge in [0.15, 0.2) is 5.13 Å². The summed E-state index contributed by atoms with van der Waals surface area (Å²) < 4.78 is 4.16. The summed E-state index contributed by atoms with van der Waals surface area (Å²) in [6, 6.07) is 7.89. The van der Waals surface area contributed by atoms with Crippen molar-refractivity contribution in [3.63, 3.8) is 0 Å². The highest BCUT2D eigenvalue weighted by atomic mass is 32.1. The van der Waals surface area contributed by atoms with Gasteiger partial charge in [0.25, 0.3) is 11.3 Å². The van der Waals surface area contributed by atoms with Gasteiger partial charge in [-0.3, -0.25) is 9.36 Å². The summed E-state index contributed by atoms with van der Waals surface area (Å²) in [4.78, 5) is 25.7. The van der Waals surface area contributed by atoms with Crippen molar-refractivity contribution < 1.29 is 0 Å². The van der Waals surface area contributed by atoms with Crippen molar-refractivity contribution in [3.8, 4) is 5.13 Å². The van der Waals surface area contributed by atoms with E-state index < -0.39 is 0 Å². The molecule has 0 amide bonds. The first-order chi connectivity index (χ1) is 11.7. The van der Waals surface area contributed by atoms with Gasteiger partial charge in [-0.05, 0) is 30.7 Å². The first-order valence-corrected chi connectivity index (χ1v) is 8.10. The number of aryl methyl sites for hydroxylation is 1. The Morgan fingerprint density at radius 2 is 2.08 bits per heavy atom. The van der Waals surface area contributed by atoms with Crippen molar-refractivity contribution in [2.24, 2.45) is 0 Å². The lowest BCUT2D eigenvalue weighted by molar-refractivity contribution is 0.953. The zero-order valence-corrected chi connectivity index (χ0v) is 13.4. The highest BCUT2D eigenvalue weighted by molar-refractivity contribution is 7.20. The molecule has 5 rings (SSSR count). The molecule has 0 aliphatic rings. The maximum absolute atomic E-state index is 12.9. The van der Waals surface area contributed by atoms with Gasteiger partial charge in [0.05, 0.1) is 21.1 Å². The van der Waals surface area contributed by atoms with E-state index in [1.54, 1.807) is 15.3 Å². The van der Waals surface area contributed by atoms with Gasteiger partial charge in [0, 0.05) is 12.4 Å². The zero-order valence-electron chi connectivity index (χ0n) is 12.5. The number of thiazole rings is 1. The van der Waals surface area contributed by atoms with Crippen LogP contribution in [0.5, 0.6) is 0 Å². The fraction of sp³-hybridized carbons (Fsp3) is 0.0625. The average molecular weight is 334 g/mol. The van der Waals surface area contributed by atoms with E-state index in [9.17, 15) is 4.79 Å². The Bertz CT molecular complexity index is 1300. The number of pyridine rings is 1. The average Bonchev–Trinajstić information content (AvgIpc) is 3.20. The third kappa shape index (κ3) is 1.80. The Morgan fingerprint density at radius 1 is 1.17 bits per heavy atom. The molecule has 0 spiro atoms. The molecule has 0 bridgehead atoms. The second-order valence-corrected chi connectivity index (χ2v) is 6.50. The van der Waals surface area contributed by atoms with E-state index in [0.29, 0.717) is 21.8 Å². The van der Waals surface area contributed by atoms with E-state index in [1.165, 1.54) is 29.4 Å². The largest absolute Gasteiger partial charge is 0.268 e. The molecule has 0 saturated carbocycles. The van der Waals surface area contributed by atoms with Crippen LogP contribution in [0.25, 0.3) is 32.0 Å². The van der Waals surface area contributed by atoms with Gasteiger partial charge in [0.1, 0.15) is 6.33 Å². The van der Waals surface area contributed by atoms with Crippen LogP contribution in [0.4, 0.5) is 0 Å². The molecule has 4 aromatic heterocycles. The van der Waals surface area contributed by atoms with Gasteiger partial charge in [-0.2, -0.15) is 14.6 Å². The molecule has 7 nitrogen and oxygen atoms in total. The van der Waals surface area contributed by atoms with Crippen LogP contribution in [-0.4, -0.2) is 29.1 Å². The van der Waals surface area contributed by atoms with Gasteiger partial charge < -0.3 is 0 Å². The molecule has 116 valence electrons. The standard InChI is InChI=1S/C16H10N6OS/c1-9-2-3-11-13(6-9)24-16(20-11)21-5-4-12-10(14(21)23)7-17-15-18-8-19-22(12)15/h2-8H,1H3. The maximum Gasteiger partial charge on any atom is 0.267 e. The summed E-state index contributed by atoms with van der Waals surface area (Å²) in [7, 11) is 0. The van der Waals surface area contributed by atoms with Crippen molar-refractivity contribution in [3.05, 3.63) is 58.9 Å². The molecule has 0 unspecified atom stereocenters. The molecule has 0 saturated heterocycles. The second-order valence-electron chi connectivity index (χ2n) is 5.49. The molecule has 0 N–H and O–H groups in total. The third-order valence-corrected chi connectivity index (χ3v) is 4.93. The molecule has 0 fully saturated rings. The van der Waals surface area contributed by atoms with Crippen molar-refractivity contribution in [1.82, 2.24) is 29.1 Å². The summed E-state index contributed by atoms with van der Waals surface area (Å²) in [5.41, 5.74) is 2.56. The summed E-state index contributed by atoms with van der Waals surface area (Å²) in [5, 5.41) is 5.23. The van der Waals surface area contributed by atoms with Crippen LogP contribution in [0, 0.1) is 6.92 Å². The molecule has 0 aliphatic heterocycles.